The van der Waals surface area contributed by atoms with Crippen molar-refractivity contribution in [1.82, 2.24) is 9.71 Å². The molecule has 0 bridgehead atoms. The fourth-order valence-electron chi connectivity index (χ4n) is 4.13. The van der Waals surface area contributed by atoms with Crippen molar-refractivity contribution in [3.8, 4) is 17.0 Å². The van der Waals surface area contributed by atoms with Crippen LogP contribution < -0.4 is 10.1 Å². The minimum atomic E-state index is -0.260. The van der Waals surface area contributed by atoms with E-state index in [0.29, 0.717) is 0 Å². The predicted octanol–water partition coefficient (Wildman–Crippen LogP) is 6.15. The Labute approximate surface area is 186 Å². The molecule has 0 aliphatic carbocycles. The molecule has 5 nitrogen and oxygen atoms in total. The van der Waals surface area contributed by atoms with Crippen LogP contribution in [0.15, 0.2) is 103 Å². The first-order valence-electron chi connectivity index (χ1n) is 10.5. The molecule has 0 amide bonds. The summed E-state index contributed by atoms with van der Waals surface area (Å²) in [5.74, 6) is 1.54. The molecule has 0 aliphatic heterocycles. The first-order chi connectivity index (χ1) is 15.8. The molecule has 5 aromatic rings. The summed E-state index contributed by atoms with van der Waals surface area (Å²) in [7, 11) is 1.66. The van der Waals surface area contributed by atoms with E-state index in [-0.39, 0.29) is 6.04 Å². The Morgan fingerprint density at radius 2 is 1.56 bits per heavy atom. The van der Waals surface area contributed by atoms with Gasteiger partial charge >= 0.3 is 0 Å². The largest absolute Gasteiger partial charge is 0.497 e. The maximum Gasteiger partial charge on any atom is 0.126 e. The summed E-state index contributed by atoms with van der Waals surface area (Å²) in [5.41, 5.74) is 4.44. The highest BCUT2D eigenvalue weighted by molar-refractivity contribution is 5.93. The van der Waals surface area contributed by atoms with E-state index in [4.69, 9.17) is 4.74 Å². The van der Waals surface area contributed by atoms with E-state index in [1.807, 2.05) is 97.1 Å². The zero-order chi connectivity index (χ0) is 21.9. The molecule has 158 valence electrons. The summed E-state index contributed by atoms with van der Waals surface area (Å²) < 4.78 is 6.65. The van der Waals surface area contributed by atoms with E-state index >= 15 is 0 Å². The smallest absolute Gasteiger partial charge is 0.126 e. The van der Waals surface area contributed by atoms with Crippen LogP contribution in [0, 0.1) is 0 Å². The predicted molar refractivity (Wildman–Crippen MR) is 127 cm³/mol. The molecule has 0 radical (unpaired) electrons. The number of nitrogens with one attached hydrogen (secondary N) is 1. The summed E-state index contributed by atoms with van der Waals surface area (Å²) in [4.78, 5) is 4.49. The number of rotatable bonds is 6. The molecule has 0 saturated carbocycles. The second kappa shape index (κ2) is 8.47. The zero-order valence-corrected chi connectivity index (χ0v) is 17.6. The Morgan fingerprint density at radius 1 is 0.844 bits per heavy atom. The number of aromatic nitrogens is 2. The molecule has 0 fully saturated rings. The summed E-state index contributed by atoms with van der Waals surface area (Å²) in [6, 6.07) is 31.3. The van der Waals surface area contributed by atoms with Crippen LogP contribution in [0.3, 0.4) is 0 Å². The number of pyridine rings is 1. The fraction of sp³-hybridized carbons (Fsp3) is 0.0741. The Hall–Kier alpha value is -4.25. The third-order valence-electron chi connectivity index (χ3n) is 5.63. The molecule has 0 spiro atoms. The molecule has 2 heterocycles. The van der Waals surface area contributed by atoms with E-state index in [2.05, 4.69) is 10.3 Å². The molecule has 5 heteroatoms. The number of para-hydroxylation sites is 1. The Morgan fingerprint density at radius 3 is 2.28 bits per heavy atom. The maximum atomic E-state index is 11.2. The van der Waals surface area contributed by atoms with E-state index < -0.39 is 0 Å². The highest BCUT2D eigenvalue weighted by atomic mass is 16.5. The highest BCUT2D eigenvalue weighted by Gasteiger charge is 2.26. The van der Waals surface area contributed by atoms with Crippen molar-refractivity contribution in [2.45, 2.75) is 6.04 Å². The van der Waals surface area contributed by atoms with Gasteiger partial charge in [0.25, 0.3) is 0 Å². The maximum absolute atomic E-state index is 11.2. The molecule has 32 heavy (non-hydrogen) atoms. The lowest BCUT2D eigenvalue weighted by molar-refractivity contribution is 0.204. The van der Waals surface area contributed by atoms with Crippen LogP contribution in [-0.4, -0.2) is 22.0 Å². The lowest BCUT2D eigenvalue weighted by Crippen LogP contribution is -2.14. The Balaban J connectivity index is 1.77. The van der Waals surface area contributed by atoms with Crippen molar-refractivity contribution < 1.29 is 9.94 Å². The SMILES string of the molecule is COc1ccc(C(Nc2ccccn2)c2c(-c3ccccc3)n(O)c3ccccc23)cc1. The number of hydrogen-bond acceptors (Lipinski definition) is 4. The molecule has 0 aliphatic rings. The highest BCUT2D eigenvalue weighted by Crippen LogP contribution is 2.40. The van der Waals surface area contributed by atoms with Gasteiger partial charge in [0, 0.05) is 22.7 Å². The minimum Gasteiger partial charge on any atom is -0.497 e. The first kappa shape index (κ1) is 19.7. The molecule has 3 aromatic carbocycles. The molecule has 1 unspecified atom stereocenters. The fourth-order valence-corrected chi connectivity index (χ4v) is 4.13. The van der Waals surface area contributed by atoms with Crippen LogP contribution in [0.2, 0.25) is 0 Å². The molecule has 0 saturated heterocycles. The lowest BCUT2D eigenvalue weighted by atomic mass is 9.93. The summed E-state index contributed by atoms with van der Waals surface area (Å²) in [5, 5.41) is 15.8. The van der Waals surface area contributed by atoms with Crippen LogP contribution >= 0.6 is 0 Å². The molecule has 1 atom stereocenters. The lowest BCUT2D eigenvalue weighted by Gasteiger charge is -2.22. The first-order valence-corrected chi connectivity index (χ1v) is 10.5. The van der Waals surface area contributed by atoms with Crippen molar-refractivity contribution in [3.05, 3.63) is 114 Å². The number of fused-ring (bicyclic) bond motifs is 1. The minimum absolute atomic E-state index is 0.260. The van der Waals surface area contributed by atoms with Crippen LogP contribution in [-0.2, 0) is 0 Å². The summed E-state index contributed by atoms with van der Waals surface area (Å²) in [6.07, 6.45) is 1.76. The number of benzene rings is 3. The van der Waals surface area contributed by atoms with Gasteiger partial charge < -0.3 is 15.3 Å². The average molecular weight is 422 g/mol. The van der Waals surface area contributed by atoms with Gasteiger partial charge in [0.15, 0.2) is 0 Å². The summed E-state index contributed by atoms with van der Waals surface area (Å²) in [6.45, 7) is 0. The molecular weight excluding hydrogens is 398 g/mol. The normalized spacial score (nSPS) is 11.9. The van der Waals surface area contributed by atoms with E-state index in [9.17, 15) is 5.21 Å². The van der Waals surface area contributed by atoms with Crippen molar-refractivity contribution in [2.24, 2.45) is 0 Å². The topological polar surface area (TPSA) is 59.3 Å². The summed E-state index contributed by atoms with van der Waals surface area (Å²) >= 11 is 0. The van der Waals surface area contributed by atoms with Gasteiger partial charge in [-0.1, -0.05) is 66.7 Å². The number of ether oxygens (including phenoxy) is 1. The van der Waals surface area contributed by atoms with Gasteiger partial charge in [0.2, 0.25) is 0 Å². The molecule has 5 rings (SSSR count). The molecule has 2 N–H and O–H groups in total. The van der Waals surface area contributed by atoms with Crippen molar-refractivity contribution in [1.29, 1.82) is 0 Å². The quantitative estimate of drug-likeness (QED) is 0.323. The van der Waals surface area contributed by atoms with Crippen LogP contribution in [0.25, 0.3) is 22.2 Å². The number of hydrogen-bond donors (Lipinski definition) is 2. The van der Waals surface area contributed by atoms with Gasteiger partial charge in [0.1, 0.15) is 11.6 Å². The van der Waals surface area contributed by atoms with E-state index in [0.717, 1.165) is 44.9 Å². The van der Waals surface area contributed by atoms with Crippen LogP contribution in [0.4, 0.5) is 5.82 Å². The van der Waals surface area contributed by atoms with Crippen molar-refractivity contribution >= 4 is 16.7 Å². The van der Waals surface area contributed by atoms with E-state index in [1.54, 1.807) is 13.3 Å². The van der Waals surface area contributed by atoms with Crippen molar-refractivity contribution in [2.75, 3.05) is 12.4 Å². The standard InChI is InChI=1S/C27H23N3O2/c1-32-21-16-14-19(15-17-21)26(29-24-13-7-8-18-28-24)25-22-11-5-6-12-23(22)30(31)27(25)20-9-3-2-4-10-20/h2-18,26,31H,1H3,(H,28,29). The van der Waals surface area contributed by atoms with Gasteiger partial charge in [-0.25, -0.2) is 4.98 Å². The Bertz CT molecular complexity index is 1330. The van der Waals surface area contributed by atoms with Gasteiger partial charge in [-0.15, -0.1) is 0 Å². The third kappa shape index (κ3) is 3.54. The average Bonchev–Trinajstić information content (AvgIpc) is 3.16. The van der Waals surface area contributed by atoms with Gasteiger partial charge in [0.05, 0.1) is 24.4 Å². The third-order valence-corrected chi connectivity index (χ3v) is 5.63. The number of nitrogens with zero attached hydrogens (tertiary/aromatic N) is 2. The van der Waals surface area contributed by atoms with Crippen molar-refractivity contribution in [3.63, 3.8) is 0 Å². The van der Waals surface area contributed by atoms with Crippen LogP contribution in [0.1, 0.15) is 17.2 Å². The number of anilines is 1. The zero-order valence-electron chi connectivity index (χ0n) is 17.6. The monoisotopic (exact) mass is 421 g/mol. The van der Waals surface area contributed by atoms with Crippen LogP contribution in [0.5, 0.6) is 5.75 Å². The Kier molecular flexibility index (Phi) is 5.22. The van der Waals surface area contributed by atoms with Gasteiger partial charge in [-0.3, -0.25) is 0 Å². The number of methoxy groups -OCH3 is 1. The molecule has 2 aromatic heterocycles. The van der Waals surface area contributed by atoms with Gasteiger partial charge in [-0.05, 0) is 35.9 Å². The molecular formula is C27H23N3O2. The van der Waals surface area contributed by atoms with Gasteiger partial charge in [-0.2, -0.15) is 4.73 Å². The second-order valence-electron chi connectivity index (χ2n) is 7.52. The second-order valence-corrected chi connectivity index (χ2v) is 7.52. The van der Waals surface area contributed by atoms with E-state index in [1.165, 1.54) is 4.73 Å².